The van der Waals surface area contributed by atoms with Crippen LogP contribution in [0.4, 0.5) is 0 Å². The Morgan fingerprint density at radius 1 is 1.32 bits per heavy atom. The van der Waals surface area contributed by atoms with Crippen LogP contribution in [-0.2, 0) is 4.74 Å². The number of hydrogen-bond acceptors (Lipinski definition) is 4. The van der Waals surface area contributed by atoms with Crippen molar-refractivity contribution < 1.29 is 14.6 Å². The van der Waals surface area contributed by atoms with Gasteiger partial charge in [0.15, 0.2) is 0 Å². The normalized spacial score (nSPS) is 15.4. The van der Waals surface area contributed by atoms with Crippen molar-refractivity contribution in [1.82, 2.24) is 10.4 Å². The number of carbonyl (C=O) groups is 1. The zero-order valence-electron chi connectivity index (χ0n) is 10.6. The minimum Gasteiger partial charge on any atom is -0.384 e. The van der Waals surface area contributed by atoms with Crippen LogP contribution in [0.3, 0.4) is 0 Å². The van der Waals surface area contributed by atoms with Crippen LogP contribution in [-0.4, -0.2) is 48.9 Å². The summed E-state index contributed by atoms with van der Waals surface area (Å²) < 4.78 is 5.21. The first kappa shape index (κ1) is 13.6. The number of hydrogen-bond donors (Lipinski definition) is 2. The zero-order valence-corrected chi connectivity index (χ0v) is 10.6. The molecule has 0 spiro atoms. The highest BCUT2D eigenvalue weighted by Crippen LogP contribution is 2.04. The van der Waals surface area contributed by atoms with E-state index in [0.29, 0.717) is 31.9 Å². The lowest BCUT2D eigenvalue weighted by molar-refractivity contribution is 0.0126. The summed E-state index contributed by atoms with van der Waals surface area (Å²) in [6, 6.07) is 6.96. The van der Waals surface area contributed by atoms with Crippen LogP contribution in [0.1, 0.15) is 15.9 Å². The molecule has 0 bridgehead atoms. The summed E-state index contributed by atoms with van der Waals surface area (Å²) in [5.74, 6) is 5.21. The van der Waals surface area contributed by atoms with Crippen molar-refractivity contribution in [3.05, 3.63) is 35.4 Å². The number of carbonyl (C=O) groups excluding carboxylic acids is 1. The zero-order chi connectivity index (χ0) is 13.5. The number of rotatable bonds is 2. The molecule has 0 saturated carbocycles. The Bertz CT molecular complexity index is 482. The van der Waals surface area contributed by atoms with Crippen molar-refractivity contribution in [3.63, 3.8) is 0 Å². The SMILES string of the molecule is O=C(NN1CCOCC1)c1ccc(C#CCO)cc1. The summed E-state index contributed by atoms with van der Waals surface area (Å²) >= 11 is 0. The van der Waals surface area contributed by atoms with Crippen LogP contribution in [0.5, 0.6) is 0 Å². The van der Waals surface area contributed by atoms with Gasteiger partial charge < -0.3 is 9.84 Å². The fourth-order valence-electron chi connectivity index (χ4n) is 1.73. The van der Waals surface area contributed by atoms with Crippen molar-refractivity contribution in [3.8, 4) is 11.8 Å². The van der Waals surface area contributed by atoms with Gasteiger partial charge >= 0.3 is 0 Å². The molecule has 2 rings (SSSR count). The molecule has 0 unspecified atom stereocenters. The lowest BCUT2D eigenvalue weighted by Crippen LogP contribution is -2.48. The largest absolute Gasteiger partial charge is 0.384 e. The Hall–Kier alpha value is -1.87. The van der Waals surface area contributed by atoms with Gasteiger partial charge in [0, 0.05) is 24.2 Å². The second-order valence-electron chi connectivity index (χ2n) is 4.08. The van der Waals surface area contributed by atoms with E-state index in [9.17, 15) is 4.79 Å². The topological polar surface area (TPSA) is 61.8 Å². The second kappa shape index (κ2) is 6.90. The van der Waals surface area contributed by atoms with E-state index in [1.165, 1.54) is 0 Å². The third kappa shape index (κ3) is 4.07. The van der Waals surface area contributed by atoms with Gasteiger partial charge in [0.05, 0.1) is 13.2 Å². The molecule has 5 nitrogen and oxygen atoms in total. The molecule has 1 heterocycles. The quantitative estimate of drug-likeness (QED) is 0.735. The second-order valence-corrected chi connectivity index (χ2v) is 4.08. The molecule has 1 aliphatic heterocycles. The highest BCUT2D eigenvalue weighted by Gasteiger charge is 2.13. The fraction of sp³-hybridized carbons (Fsp3) is 0.357. The molecule has 1 aliphatic rings. The van der Waals surface area contributed by atoms with Crippen LogP contribution < -0.4 is 5.43 Å². The van der Waals surface area contributed by atoms with E-state index in [0.717, 1.165) is 5.56 Å². The van der Waals surface area contributed by atoms with E-state index >= 15 is 0 Å². The van der Waals surface area contributed by atoms with Crippen molar-refractivity contribution in [1.29, 1.82) is 0 Å². The molecule has 1 amide bonds. The smallest absolute Gasteiger partial charge is 0.265 e. The molecule has 19 heavy (non-hydrogen) atoms. The number of morpholine rings is 1. The summed E-state index contributed by atoms with van der Waals surface area (Å²) in [6.45, 7) is 2.50. The summed E-state index contributed by atoms with van der Waals surface area (Å²) in [5, 5.41) is 10.5. The third-order valence-electron chi connectivity index (χ3n) is 2.73. The number of nitrogens with one attached hydrogen (secondary N) is 1. The Kier molecular flexibility index (Phi) is 4.93. The standard InChI is InChI=1S/C14H16N2O3/c17-9-1-2-12-3-5-13(6-4-12)14(18)15-16-7-10-19-11-8-16/h3-6,17H,7-11H2,(H,15,18). The van der Waals surface area contributed by atoms with Crippen LogP contribution in [0.2, 0.25) is 0 Å². The lowest BCUT2D eigenvalue weighted by atomic mass is 10.1. The van der Waals surface area contributed by atoms with Gasteiger partial charge in [0.2, 0.25) is 0 Å². The van der Waals surface area contributed by atoms with Gasteiger partial charge in [0.25, 0.3) is 5.91 Å². The Morgan fingerprint density at radius 3 is 2.63 bits per heavy atom. The van der Waals surface area contributed by atoms with Crippen LogP contribution >= 0.6 is 0 Å². The molecule has 5 heteroatoms. The predicted octanol–water partition coefficient (Wildman–Crippen LogP) is 0.00740. The maximum atomic E-state index is 12.0. The molecule has 1 saturated heterocycles. The molecular formula is C14H16N2O3. The first-order valence-electron chi connectivity index (χ1n) is 6.13. The number of benzene rings is 1. The van der Waals surface area contributed by atoms with Gasteiger partial charge in [-0.1, -0.05) is 11.8 Å². The molecule has 0 radical (unpaired) electrons. The minimum absolute atomic E-state index is 0.136. The van der Waals surface area contributed by atoms with Gasteiger partial charge in [-0.25, -0.2) is 5.01 Å². The van der Waals surface area contributed by atoms with Crippen molar-refractivity contribution >= 4 is 5.91 Å². The molecule has 100 valence electrons. The van der Waals surface area contributed by atoms with E-state index in [4.69, 9.17) is 9.84 Å². The van der Waals surface area contributed by atoms with Crippen LogP contribution in [0.15, 0.2) is 24.3 Å². The predicted molar refractivity (Wildman–Crippen MR) is 70.3 cm³/mol. The summed E-state index contributed by atoms with van der Waals surface area (Å²) in [6.07, 6.45) is 0. The van der Waals surface area contributed by atoms with Gasteiger partial charge in [-0.2, -0.15) is 0 Å². The molecular weight excluding hydrogens is 244 g/mol. The molecule has 2 N–H and O–H groups in total. The number of aliphatic hydroxyl groups is 1. The third-order valence-corrected chi connectivity index (χ3v) is 2.73. The average Bonchev–Trinajstić information content (AvgIpc) is 2.46. The Labute approximate surface area is 112 Å². The molecule has 0 aliphatic carbocycles. The number of aliphatic hydroxyl groups excluding tert-OH is 1. The van der Waals surface area contributed by atoms with Crippen molar-refractivity contribution in [2.75, 3.05) is 32.9 Å². The molecule has 1 aromatic rings. The van der Waals surface area contributed by atoms with Crippen LogP contribution in [0.25, 0.3) is 0 Å². The highest BCUT2D eigenvalue weighted by molar-refractivity contribution is 5.93. The number of hydrazine groups is 1. The Balaban J connectivity index is 1.95. The number of ether oxygens (including phenoxy) is 1. The summed E-state index contributed by atoms with van der Waals surface area (Å²) in [5.41, 5.74) is 4.20. The Morgan fingerprint density at radius 2 is 2.00 bits per heavy atom. The van der Waals surface area contributed by atoms with Gasteiger partial charge in [-0.05, 0) is 24.3 Å². The number of nitrogens with zero attached hydrogens (tertiary/aromatic N) is 1. The van der Waals surface area contributed by atoms with Crippen LogP contribution in [0, 0.1) is 11.8 Å². The summed E-state index contributed by atoms with van der Waals surface area (Å²) in [4.78, 5) is 12.0. The fourth-order valence-corrected chi connectivity index (χ4v) is 1.73. The first-order valence-corrected chi connectivity index (χ1v) is 6.13. The molecule has 1 aromatic carbocycles. The summed E-state index contributed by atoms with van der Waals surface area (Å²) in [7, 11) is 0. The van der Waals surface area contributed by atoms with E-state index in [-0.39, 0.29) is 12.5 Å². The average molecular weight is 260 g/mol. The van der Waals surface area contributed by atoms with Crippen molar-refractivity contribution in [2.45, 2.75) is 0 Å². The number of amides is 1. The van der Waals surface area contributed by atoms with E-state index < -0.39 is 0 Å². The lowest BCUT2D eigenvalue weighted by Gasteiger charge is -2.26. The highest BCUT2D eigenvalue weighted by atomic mass is 16.5. The van der Waals surface area contributed by atoms with E-state index in [2.05, 4.69) is 17.3 Å². The van der Waals surface area contributed by atoms with E-state index in [1.54, 1.807) is 24.3 Å². The maximum absolute atomic E-state index is 12.0. The molecule has 0 atom stereocenters. The first-order chi connectivity index (χ1) is 9.29. The van der Waals surface area contributed by atoms with Crippen molar-refractivity contribution in [2.24, 2.45) is 0 Å². The maximum Gasteiger partial charge on any atom is 0.265 e. The van der Waals surface area contributed by atoms with Gasteiger partial charge in [0.1, 0.15) is 6.61 Å². The molecule has 1 fully saturated rings. The minimum atomic E-state index is -0.167. The van der Waals surface area contributed by atoms with E-state index in [1.807, 2.05) is 5.01 Å². The molecule has 0 aromatic heterocycles. The monoisotopic (exact) mass is 260 g/mol. The van der Waals surface area contributed by atoms with Gasteiger partial charge in [-0.15, -0.1) is 0 Å². The van der Waals surface area contributed by atoms with Gasteiger partial charge in [-0.3, -0.25) is 10.2 Å².